The number of carbonyl (C=O) groups is 2. The standard InChI is InChI=1S/C19H19N3O3S/c23-17(12-22-15-7-2-1-6-14(15)20-19(22)25)21-9-3-5-13(11-21)18(24)16-8-4-10-26-16/h1-2,4,6-8,10,13H,3,5,9,11-12H2,(H,20,25)/t13-/m1/s1. The number of imidazole rings is 1. The highest BCUT2D eigenvalue weighted by Crippen LogP contribution is 2.23. The van der Waals surface area contributed by atoms with Crippen molar-refractivity contribution in [3.05, 3.63) is 57.1 Å². The van der Waals surface area contributed by atoms with Gasteiger partial charge in [0.15, 0.2) is 5.78 Å². The third kappa shape index (κ3) is 3.10. The summed E-state index contributed by atoms with van der Waals surface area (Å²) in [7, 11) is 0. The minimum absolute atomic E-state index is 0.0112. The molecule has 1 aliphatic rings. The molecule has 6 nitrogen and oxygen atoms in total. The summed E-state index contributed by atoms with van der Waals surface area (Å²) in [6.07, 6.45) is 1.60. The zero-order chi connectivity index (χ0) is 18.1. The van der Waals surface area contributed by atoms with Crippen LogP contribution in [0.5, 0.6) is 0 Å². The highest BCUT2D eigenvalue weighted by Gasteiger charge is 2.29. The van der Waals surface area contributed by atoms with E-state index in [0.717, 1.165) is 23.2 Å². The molecular formula is C19H19N3O3S. The molecule has 2 aromatic heterocycles. The summed E-state index contributed by atoms with van der Waals surface area (Å²) in [5.41, 5.74) is 1.14. The lowest BCUT2D eigenvalue weighted by Gasteiger charge is -2.32. The highest BCUT2D eigenvalue weighted by atomic mass is 32.1. The summed E-state index contributed by atoms with van der Waals surface area (Å²) in [6, 6.07) is 11.0. The third-order valence-corrected chi connectivity index (χ3v) is 5.77. The van der Waals surface area contributed by atoms with E-state index in [-0.39, 0.29) is 29.8 Å². The summed E-state index contributed by atoms with van der Waals surface area (Å²) in [4.78, 5) is 42.7. The lowest BCUT2D eigenvalue weighted by atomic mass is 9.93. The molecule has 0 unspecified atom stereocenters. The Labute approximate surface area is 154 Å². The number of fused-ring (bicyclic) bond motifs is 1. The largest absolute Gasteiger partial charge is 0.340 e. The molecule has 1 amide bonds. The van der Waals surface area contributed by atoms with Crippen LogP contribution in [0.3, 0.4) is 0 Å². The van der Waals surface area contributed by atoms with Gasteiger partial charge in [-0.05, 0) is 36.4 Å². The van der Waals surface area contributed by atoms with Gasteiger partial charge in [-0.15, -0.1) is 11.3 Å². The lowest BCUT2D eigenvalue weighted by Crippen LogP contribution is -2.44. The fourth-order valence-corrected chi connectivity index (χ4v) is 4.28. The zero-order valence-corrected chi connectivity index (χ0v) is 15.0. The minimum atomic E-state index is -0.289. The van der Waals surface area contributed by atoms with Gasteiger partial charge in [0, 0.05) is 19.0 Å². The van der Waals surface area contributed by atoms with Crippen LogP contribution >= 0.6 is 11.3 Å². The number of amides is 1. The van der Waals surface area contributed by atoms with Crippen molar-refractivity contribution in [2.45, 2.75) is 19.4 Å². The number of benzene rings is 1. The lowest BCUT2D eigenvalue weighted by molar-refractivity contribution is -0.133. The van der Waals surface area contributed by atoms with Crippen LogP contribution in [-0.4, -0.2) is 39.2 Å². The normalized spacial score (nSPS) is 17.5. The van der Waals surface area contributed by atoms with Crippen LogP contribution in [0, 0.1) is 5.92 Å². The summed E-state index contributed by atoms with van der Waals surface area (Å²) in [5.74, 6) is -0.173. The maximum atomic E-state index is 12.8. The van der Waals surface area contributed by atoms with E-state index in [1.807, 2.05) is 41.8 Å². The first-order chi connectivity index (χ1) is 12.6. The average molecular weight is 369 g/mol. The van der Waals surface area contributed by atoms with E-state index < -0.39 is 0 Å². The van der Waals surface area contributed by atoms with Crippen molar-refractivity contribution in [3.63, 3.8) is 0 Å². The molecule has 0 bridgehead atoms. The molecule has 4 rings (SSSR count). The van der Waals surface area contributed by atoms with Gasteiger partial charge < -0.3 is 9.88 Å². The van der Waals surface area contributed by atoms with Crippen LogP contribution in [0.25, 0.3) is 11.0 Å². The van der Waals surface area contributed by atoms with Gasteiger partial charge in [-0.2, -0.15) is 0 Å². The Morgan fingerprint density at radius 1 is 1.19 bits per heavy atom. The maximum absolute atomic E-state index is 12.8. The van der Waals surface area contributed by atoms with E-state index in [4.69, 9.17) is 0 Å². The number of H-pyrrole nitrogens is 1. The molecule has 7 heteroatoms. The van der Waals surface area contributed by atoms with Crippen molar-refractivity contribution >= 4 is 34.1 Å². The molecule has 1 aliphatic heterocycles. The number of Topliss-reactive ketones (excluding diaryl/α,β-unsaturated/α-hetero) is 1. The number of carbonyl (C=O) groups excluding carboxylic acids is 2. The van der Waals surface area contributed by atoms with Gasteiger partial charge in [0.1, 0.15) is 6.54 Å². The number of aromatic nitrogens is 2. The molecule has 0 saturated carbocycles. The fraction of sp³-hybridized carbons (Fsp3) is 0.316. The summed E-state index contributed by atoms with van der Waals surface area (Å²) in [6.45, 7) is 1.04. The Bertz CT molecular complexity index is 1000. The van der Waals surface area contributed by atoms with Gasteiger partial charge >= 0.3 is 5.69 Å². The number of para-hydroxylation sites is 2. The van der Waals surface area contributed by atoms with E-state index in [0.29, 0.717) is 18.6 Å². The van der Waals surface area contributed by atoms with Gasteiger partial charge in [-0.3, -0.25) is 14.2 Å². The van der Waals surface area contributed by atoms with Crippen LogP contribution < -0.4 is 5.69 Å². The second-order valence-electron chi connectivity index (χ2n) is 6.55. The van der Waals surface area contributed by atoms with E-state index >= 15 is 0 Å². The van der Waals surface area contributed by atoms with Crippen molar-refractivity contribution in [2.75, 3.05) is 13.1 Å². The van der Waals surface area contributed by atoms with Gasteiger partial charge in [0.25, 0.3) is 0 Å². The maximum Gasteiger partial charge on any atom is 0.326 e. The predicted octanol–water partition coefficient (Wildman–Crippen LogP) is 2.51. The number of likely N-dealkylation sites (tertiary alicyclic amines) is 1. The first-order valence-corrected chi connectivity index (χ1v) is 9.54. The molecule has 1 N–H and O–H groups in total. The minimum Gasteiger partial charge on any atom is -0.340 e. The molecule has 1 saturated heterocycles. The number of rotatable bonds is 4. The SMILES string of the molecule is O=C(c1cccs1)[C@@H]1CCCN(C(=O)Cn2c(=O)[nH]c3ccccc32)C1. The first kappa shape index (κ1) is 16.8. The van der Waals surface area contributed by atoms with Crippen LogP contribution in [0.2, 0.25) is 0 Å². The Balaban J connectivity index is 1.50. The summed E-state index contributed by atoms with van der Waals surface area (Å²) >= 11 is 1.44. The average Bonchev–Trinajstić information content (AvgIpc) is 3.30. The molecular weight excluding hydrogens is 350 g/mol. The molecule has 1 aromatic carbocycles. The number of thiophene rings is 1. The van der Waals surface area contributed by atoms with E-state index in [1.54, 1.807) is 4.90 Å². The van der Waals surface area contributed by atoms with Crippen molar-refractivity contribution < 1.29 is 9.59 Å². The topological polar surface area (TPSA) is 75.2 Å². The van der Waals surface area contributed by atoms with E-state index in [9.17, 15) is 14.4 Å². The number of hydrogen-bond acceptors (Lipinski definition) is 4. The van der Waals surface area contributed by atoms with Gasteiger partial charge in [-0.25, -0.2) is 4.79 Å². The molecule has 0 spiro atoms. The number of piperidine rings is 1. The smallest absolute Gasteiger partial charge is 0.326 e. The number of nitrogens with zero attached hydrogens (tertiary/aromatic N) is 2. The molecule has 0 aliphatic carbocycles. The number of hydrogen-bond donors (Lipinski definition) is 1. The molecule has 134 valence electrons. The highest BCUT2D eigenvalue weighted by molar-refractivity contribution is 7.12. The monoisotopic (exact) mass is 369 g/mol. The molecule has 3 heterocycles. The van der Waals surface area contributed by atoms with Crippen molar-refractivity contribution in [1.29, 1.82) is 0 Å². The number of nitrogens with one attached hydrogen (secondary N) is 1. The summed E-state index contributed by atoms with van der Waals surface area (Å²) in [5, 5.41) is 1.89. The molecule has 1 atom stereocenters. The molecule has 3 aromatic rings. The van der Waals surface area contributed by atoms with Crippen LogP contribution in [0.1, 0.15) is 22.5 Å². The molecule has 0 radical (unpaired) electrons. The van der Waals surface area contributed by atoms with Crippen molar-refractivity contribution in [3.8, 4) is 0 Å². The Hall–Kier alpha value is -2.67. The van der Waals surface area contributed by atoms with Crippen LogP contribution in [0.4, 0.5) is 0 Å². The number of aromatic amines is 1. The van der Waals surface area contributed by atoms with Crippen molar-refractivity contribution in [1.82, 2.24) is 14.5 Å². The van der Waals surface area contributed by atoms with Crippen LogP contribution in [-0.2, 0) is 11.3 Å². The molecule has 1 fully saturated rings. The quantitative estimate of drug-likeness (QED) is 0.718. The van der Waals surface area contributed by atoms with E-state index in [1.165, 1.54) is 15.9 Å². The fourth-order valence-electron chi connectivity index (χ4n) is 3.54. The number of ketones is 1. The van der Waals surface area contributed by atoms with Gasteiger partial charge in [0.05, 0.1) is 15.9 Å². The van der Waals surface area contributed by atoms with Gasteiger partial charge in [0.2, 0.25) is 5.91 Å². The third-order valence-electron chi connectivity index (χ3n) is 4.88. The zero-order valence-electron chi connectivity index (χ0n) is 14.2. The second kappa shape index (κ2) is 6.92. The summed E-state index contributed by atoms with van der Waals surface area (Å²) < 4.78 is 1.46. The Morgan fingerprint density at radius 2 is 2.04 bits per heavy atom. The Morgan fingerprint density at radius 3 is 2.85 bits per heavy atom. The first-order valence-electron chi connectivity index (χ1n) is 8.66. The van der Waals surface area contributed by atoms with Gasteiger partial charge in [-0.1, -0.05) is 18.2 Å². The molecule has 26 heavy (non-hydrogen) atoms. The van der Waals surface area contributed by atoms with Crippen LogP contribution in [0.15, 0.2) is 46.6 Å². The second-order valence-corrected chi connectivity index (χ2v) is 7.50. The van der Waals surface area contributed by atoms with Crippen molar-refractivity contribution in [2.24, 2.45) is 5.92 Å². The Kier molecular flexibility index (Phi) is 4.46. The predicted molar refractivity (Wildman–Crippen MR) is 101 cm³/mol. The van der Waals surface area contributed by atoms with E-state index in [2.05, 4.69) is 4.98 Å².